The van der Waals surface area contributed by atoms with Crippen LogP contribution in [0.3, 0.4) is 0 Å². The molecule has 1 saturated heterocycles. The second-order valence-electron chi connectivity index (χ2n) is 4.87. The Morgan fingerprint density at radius 1 is 1.19 bits per heavy atom. The predicted octanol–water partition coefficient (Wildman–Crippen LogP) is 2.59. The molecule has 1 fully saturated rings. The highest BCUT2D eigenvalue weighted by Crippen LogP contribution is 2.31. The average Bonchev–Trinajstić information content (AvgIpc) is 2.99. The summed E-state index contributed by atoms with van der Waals surface area (Å²) in [5, 5.41) is 0.985. The van der Waals surface area contributed by atoms with Gasteiger partial charge in [-0.2, -0.15) is 0 Å². The summed E-state index contributed by atoms with van der Waals surface area (Å²) in [5.41, 5.74) is 1.99. The lowest BCUT2D eigenvalue weighted by molar-refractivity contribution is 0.122. The smallest absolute Gasteiger partial charge is 0.130 e. The lowest BCUT2D eigenvalue weighted by Gasteiger charge is -2.27. The standard InChI is InChI=1S/C15H14N4OS/c1-2-11(9-16-3-1)15-18-12-10-17-14(8-13(12)21-15)19-4-6-20-7-5-19/h1-3,8-10H,4-7H2. The third-order valence-corrected chi connectivity index (χ3v) is 4.57. The number of nitrogens with zero attached hydrogens (tertiary/aromatic N) is 4. The minimum atomic E-state index is 0.767. The highest BCUT2D eigenvalue weighted by molar-refractivity contribution is 7.21. The van der Waals surface area contributed by atoms with E-state index in [1.807, 2.05) is 24.5 Å². The summed E-state index contributed by atoms with van der Waals surface area (Å²) in [6.45, 7) is 3.33. The number of morpholine rings is 1. The van der Waals surface area contributed by atoms with E-state index in [1.165, 1.54) is 0 Å². The maximum absolute atomic E-state index is 5.38. The molecule has 0 aliphatic carbocycles. The van der Waals surface area contributed by atoms with Crippen LogP contribution in [-0.2, 0) is 4.74 Å². The van der Waals surface area contributed by atoms with Crippen LogP contribution in [0.2, 0.25) is 0 Å². The molecule has 3 aromatic rings. The molecule has 0 bridgehead atoms. The fraction of sp³-hybridized carbons (Fsp3) is 0.267. The zero-order valence-corrected chi connectivity index (χ0v) is 12.2. The monoisotopic (exact) mass is 298 g/mol. The van der Waals surface area contributed by atoms with Crippen molar-refractivity contribution in [3.05, 3.63) is 36.8 Å². The van der Waals surface area contributed by atoms with Crippen LogP contribution in [0.25, 0.3) is 20.8 Å². The van der Waals surface area contributed by atoms with Crippen molar-refractivity contribution >= 4 is 27.4 Å². The third-order valence-electron chi connectivity index (χ3n) is 3.50. The van der Waals surface area contributed by atoms with E-state index in [2.05, 4.69) is 25.9 Å². The van der Waals surface area contributed by atoms with Crippen LogP contribution >= 0.6 is 11.3 Å². The van der Waals surface area contributed by atoms with E-state index in [0.717, 1.165) is 52.9 Å². The highest BCUT2D eigenvalue weighted by Gasteiger charge is 2.14. The Hall–Kier alpha value is -2.05. The minimum Gasteiger partial charge on any atom is -0.378 e. The van der Waals surface area contributed by atoms with Crippen molar-refractivity contribution in [1.29, 1.82) is 0 Å². The number of thiazole rings is 1. The molecule has 5 nitrogen and oxygen atoms in total. The van der Waals surface area contributed by atoms with Crippen LogP contribution < -0.4 is 4.90 Å². The summed E-state index contributed by atoms with van der Waals surface area (Å²) in [4.78, 5) is 15.6. The first-order chi connectivity index (χ1) is 10.4. The summed E-state index contributed by atoms with van der Waals surface area (Å²) in [7, 11) is 0. The second kappa shape index (κ2) is 5.38. The normalized spacial score (nSPS) is 15.5. The lowest BCUT2D eigenvalue weighted by atomic mass is 10.3. The summed E-state index contributed by atoms with van der Waals surface area (Å²) >= 11 is 1.68. The van der Waals surface area contributed by atoms with Crippen molar-refractivity contribution in [2.75, 3.05) is 31.2 Å². The number of fused-ring (bicyclic) bond motifs is 1. The van der Waals surface area contributed by atoms with Crippen molar-refractivity contribution in [3.63, 3.8) is 0 Å². The minimum absolute atomic E-state index is 0.767. The van der Waals surface area contributed by atoms with Crippen molar-refractivity contribution in [3.8, 4) is 10.6 Å². The summed E-state index contributed by atoms with van der Waals surface area (Å²) in [6.07, 6.45) is 5.47. The van der Waals surface area contributed by atoms with Gasteiger partial charge in [-0.15, -0.1) is 11.3 Å². The van der Waals surface area contributed by atoms with Crippen LogP contribution in [0.1, 0.15) is 0 Å². The Bertz CT molecular complexity index is 753. The number of rotatable bonds is 2. The van der Waals surface area contributed by atoms with Gasteiger partial charge in [-0.25, -0.2) is 9.97 Å². The number of pyridine rings is 2. The van der Waals surface area contributed by atoms with Gasteiger partial charge in [-0.1, -0.05) is 0 Å². The van der Waals surface area contributed by atoms with Crippen molar-refractivity contribution in [2.45, 2.75) is 0 Å². The van der Waals surface area contributed by atoms with Gasteiger partial charge in [0.15, 0.2) is 0 Å². The van der Waals surface area contributed by atoms with E-state index < -0.39 is 0 Å². The van der Waals surface area contributed by atoms with E-state index in [4.69, 9.17) is 4.74 Å². The van der Waals surface area contributed by atoms with Gasteiger partial charge < -0.3 is 9.64 Å². The molecule has 1 aliphatic rings. The largest absolute Gasteiger partial charge is 0.378 e. The van der Waals surface area contributed by atoms with E-state index in [0.29, 0.717) is 0 Å². The Morgan fingerprint density at radius 2 is 2.10 bits per heavy atom. The molecule has 0 unspecified atom stereocenters. The first-order valence-corrected chi connectivity index (χ1v) is 7.71. The molecule has 0 aromatic carbocycles. The SMILES string of the molecule is c1cncc(-c2nc3cnc(N4CCOCC4)cc3s2)c1. The molecule has 0 saturated carbocycles. The van der Waals surface area contributed by atoms with E-state index in [1.54, 1.807) is 17.5 Å². The first-order valence-electron chi connectivity index (χ1n) is 6.90. The summed E-state index contributed by atoms with van der Waals surface area (Å²) in [5.74, 6) is 1.01. The van der Waals surface area contributed by atoms with E-state index >= 15 is 0 Å². The zero-order valence-electron chi connectivity index (χ0n) is 11.4. The highest BCUT2D eigenvalue weighted by atomic mass is 32.1. The molecule has 0 spiro atoms. The van der Waals surface area contributed by atoms with Crippen molar-refractivity contribution in [2.24, 2.45) is 0 Å². The van der Waals surface area contributed by atoms with Crippen molar-refractivity contribution < 1.29 is 4.74 Å². The fourth-order valence-electron chi connectivity index (χ4n) is 2.40. The molecule has 0 radical (unpaired) electrons. The van der Waals surface area contributed by atoms with Gasteiger partial charge in [-0.3, -0.25) is 4.98 Å². The third kappa shape index (κ3) is 2.48. The van der Waals surface area contributed by atoms with Crippen LogP contribution in [0.15, 0.2) is 36.8 Å². The van der Waals surface area contributed by atoms with Gasteiger partial charge in [0.1, 0.15) is 16.3 Å². The number of hydrogen-bond donors (Lipinski definition) is 0. The predicted molar refractivity (Wildman–Crippen MR) is 83.7 cm³/mol. The molecule has 21 heavy (non-hydrogen) atoms. The summed E-state index contributed by atoms with van der Waals surface area (Å²) < 4.78 is 6.54. The summed E-state index contributed by atoms with van der Waals surface area (Å²) in [6, 6.07) is 6.08. The molecule has 4 rings (SSSR count). The Kier molecular flexibility index (Phi) is 3.25. The molecule has 0 N–H and O–H groups in total. The maximum Gasteiger partial charge on any atom is 0.130 e. The molecule has 1 aliphatic heterocycles. The molecule has 0 atom stereocenters. The molecular weight excluding hydrogens is 284 g/mol. The number of aromatic nitrogens is 3. The zero-order chi connectivity index (χ0) is 14.1. The Morgan fingerprint density at radius 3 is 2.90 bits per heavy atom. The first kappa shape index (κ1) is 12.7. The lowest BCUT2D eigenvalue weighted by Crippen LogP contribution is -2.36. The number of anilines is 1. The topological polar surface area (TPSA) is 51.1 Å². The Balaban J connectivity index is 1.71. The van der Waals surface area contributed by atoms with Gasteiger partial charge in [0.2, 0.25) is 0 Å². The molecule has 3 aromatic heterocycles. The number of ether oxygens (including phenoxy) is 1. The van der Waals surface area contributed by atoms with Gasteiger partial charge in [0.05, 0.1) is 24.1 Å². The van der Waals surface area contributed by atoms with Gasteiger partial charge in [0, 0.05) is 37.1 Å². The molecule has 6 heteroatoms. The van der Waals surface area contributed by atoms with Gasteiger partial charge >= 0.3 is 0 Å². The maximum atomic E-state index is 5.38. The van der Waals surface area contributed by atoms with Crippen LogP contribution in [0, 0.1) is 0 Å². The number of hydrogen-bond acceptors (Lipinski definition) is 6. The van der Waals surface area contributed by atoms with Gasteiger partial charge in [0.25, 0.3) is 0 Å². The van der Waals surface area contributed by atoms with Crippen molar-refractivity contribution in [1.82, 2.24) is 15.0 Å². The average molecular weight is 298 g/mol. The molecular formula is C15H14N4OS. The quantitative estimate of drug-likeness (QED) is 0.728. The fourth-order valence-corrected chi connectivity index (χ4v) is 3.36. The van der Waals surface area contributed by atoms with Crippen LogP contribution in [0.5, 0.6) is 0 Å². The Labute approximate surface area is 126 Å². The van der Waals surface area contributed by atoms with Gasteiger partial charge in [-0.05, 0) is 12.1 Å². The molecule has 106 valence electrons. The van der Waals surface area contributed by atoms with Crippen LogP contribution in [-0.4, -0.2) is 41.3 Å². The second-order valence-corrected chi connectivity index (χ2v) is 5.90. The van der Waals surface area contributed by atoms with E-state index in [-0.39, 0.29) is 0 Å². The van der Waals surface area contributed by atoms with E-state index in [9.17, 15) is 0 Å². The van der Waals surface area contributed by atoms with Crippen LogP contribution in [0.4, 0.5) is 5.82 Å². The molecule has 4 heterocycles. The molecule has 0 amide bonds.